The van der Waals surface area contributed by atoms with Crippen LogP contribution >= 0.6 is 0 Å². The molecule has 3 nitrogen and oxygen atoms in total. The van der Waals surface area contributed by atoms with Crippen molar-refractivity contribution in [2.75, 3.05) is 0 Å². The van der Waals surface area contributed by atoms with Gasteiger partial charge in [-0.25, -0.2) is 4.79 Å². The summed E-state index contributed by atoms with van der Waals surface area (Å²) in [5, 5.41) is 11.0. The molecule has 0 aromatic heterocycles. The minimum absolute atomic E-state index is 0.128. The minimum atomic E-state index is -0.895. The van der Waals surface area contributed by atoms with Crippen LogP contribution in [0.5, 0.6) is 0 Å². The molecule has 0 bridgehead atoms. The molecule has 1 atom stereocenters. The second kappa shape index (κ2) is 4.33. The number of carboxylic acid groups (broad SMARTS) is 1. The Morgan fingerprint density at radius 2 is 2.00 bits per heavy atom. The predicted octanol–water partition coefficient (Wildman–Crippen LogP) is 2.22. The van der Waals surface area contributed by atoms with Crippen molar-refractivity contribution in [2.45, 2.75) is 45.1 Å². The standard InChI is InChI=1S/C9H17NO2/c1-7(10-9(11)12)8-5-3-2-4-6-8/h7-8,10H,2-6H2,1H3,(H,11,12)/t7-/m0/s1. The number of rotatable bonds is 2. The molecule has 12 heavy (non-hydrogen) atoms. The van der Waals surface area contributed by atoms with Crippen LogP contribution in [0.25, 0.3) is 0 Å². The van der Waals surface area contributed by atoms with E-state index in [9.17, 15) is 4.79 Å². The third-order valence-corrected chi connectivity index (χ3v) is 2.71. The molecule has 1 rings (SSSR count). The van der Waals surface area contributed by atoms with Crippen LogP contribution in [0.4, 0.5) is 4.79 Å². The number of nitrogens with one attached hydrogen (secondary N) is 1. The van der Waals surface area contributed by atoms with Crippen molar-refractivity contribution < 1.29 is 9.90 Å². The summed E-state index contributed by atoms with van der Waals surface area (Å²) < 4.78 is 0. The van der Waals surface area contributed by atoms with E-state index in [1.54, 1.807) is 0 Å². The van der Waals surface area contributed by atoms with E-state index in [4.69, 9.17) is 5.11 Å². The van der Waals surface area contributed by atoms with Gasteiger partial charge in [-0.2, -0.15) is 0 Å². The summed E-state index contributed by atoms with van der Waals surface area (Å²) in [6, 6.07) is 0.128. The third-order valence-electron chi connectivity index (χ3n) is 2.71. The smallest absolute Gasteiger partial charge is 0.404 e. The maximum atomic E-state index is 10.3. The molecule has 1 aliphatic carbocycles. The first-order valence-electron chi connectivity index (χ1n) is 4.69. The predicted molar refractivity (Wildman–Crippen MR) is 47.2 cm³/mol. The van der Waals surface area contributed by atoms with Gasteiger partial charge in [-0.05, 0) is 25.7 Å². The third kappa shape index (κ3) is 2.72. The van der Waals surface area contributed by atoms with Gasteiger partial charge in [0, 0.05) is 6.04 Å². The van der Waals surface area contributed by atoms with Crippen molar-refractivity contribution in [3.05, 3.63) is 0 Å². The van der Waals surface area contributed by atoms with E-state index in [0.717, 1.165) is 0 Å². The zero-order chi connectivity index (χ0) is 8.97. The maximum absolute atomic E-state index is 10.3. The van der Waals surface area contributed by atoms with Crippen LogP contribution in [0.3, 0.4) is 0 Å². The summed E-state index contributed by atoms with van der Waals surface area (Å²) in [4.78, 5) is 10.3. The fourth-order valence-corrected chi connectivity index (χ4v) is 1.95. The molecule has 3 heteroatoms. The van der Waals surface area contributed by atoms with Crippen molar-refractivity contribution in [3.8, 4) is 0 Å². The quantitative estimate of drug-likeness (QED) is 0.669. The first kappa shape index (κ1) is 9.36. The lowest BCUT2D eigenvalue weighted by molar-refractivity contribution is 0.181. The normalized spacial score (nSPS) is 21.8. The molecule has 1 fully saturated rings. The Morgan fingerprint density at radius 3 is 2.50 bits per heavy atom. The van der Waals surface area contributed by atoms with Crippen molar-refractivity contribution in [2.24, 2.45) is 5.92 Å². The Hall–Kier alpha value is -0.730. The lowest BCUT2D eigenvalue weighted by Crippen LogP contribution is -2.37. The van der Waals surface area contributed by atoms with Crippen molar-refractivity contribution in [1.29, 1.82) is 0 Å². The fraction of sp³-hybridized carbons (Fsp3) is 0.889. The van der Waals surface area contributed by atoms with Crippen molar-refractivity contribution in [3.63, 3.8) is 0 Å². The monoisotopic (exact) mass is 171 g/mol. The van der Waals surface area contributed by atoms with Crippen LogP contribution in [0.2, 0.25) is 0 Å². The highest BCUT2D eigenvalue weighted by Gasteiger charge is 2.20. The molecule has 0 spiro atoms. The summed E-state index contributed by atoms with van der Waals surface area (Å²) in [6.45, 7) is 1.96. The number of hydrogen-bond donors (Lipinski definition) is 2. The second-order valence-electron chi connectivity index (χ2n) is 3.64. The zero-order valence-corrected chi connectivity index (χ0v) is 7.55. The summed E-state index contributed by atoms with van der Waals surface area (Å²) in [5.74, 6) is 0.565. The van der Waals surface area contributed by atoms with Crippen LogP contribution in [0.1, 0.15) is 39.0 Å². The molecular formula is C9H17NO2. The molecule has 1 amide bonds. The number of amides is 1. The average Bonchev–Trinajstić information content (AvgIpc) is 2.05. The van der Waals surface area contributed by atoms with E-state index < -0.39 is 6.09 Å². The highest BCUT2D eigenvalue weighted by atomic mass is 16.4. The molecule has 0 aliphatic heterocycles. The van der Waals surface area contributed by atoms with Crippen LogP contribution in [-0.4, -0.2) is 17.2 Å². The van der Waals surface area contributed by atoms with Gasteiger partial charge >= 0.3 is 6.09 Å². The molecule has 0 saturated heterocycles. The summed E-state index contributed by atoms with van der Waals surface area (Å²) >= 11 is 0. The van der Waals surface area contributed by atoms with Gasteiger partial charge in [0.25, 0.3) is 0 Å². The lowest BCUT2D eigenvalue weighted by Gasteiger charge is -2.27. The van der Waals surface area contributed by atoms with Gasteiger partial charge in [-0.1, -0.05) is 19.3 Å². The van der Waals surface area contributed by atoms with E-state index in [2.05, 4.69) is 5.32 Å². The van der Waals surface area contributed by atoms with Gasteiger partial charge in [-0.3, -0.25) is 0 Å². The largest absolute Gasteiger partial charge is 0.465 e. The zero-order valence-electron chi connectivity index (χ0n) is 7.55. The van der Waals surface area contributed by atoms with E-state index in [-0.39, 0.29) is 6.04 Å². The molecular weight excluding hydrogens is 154 g/mol. The van der Waals surface area contributed by atoms with E-state index in [1.165, 1.54) is 32.1 Å². The Morgan fingerprint density at radius 1 is 1.42 bits per heavy atom. The Kier molecular flexibility index (Phi) is 3.38. The number of carbonyl (C=O) groups is 1. The topological polar surface area (TPSA) is 49.3 Å². The van der Waals surface area contributed by atoms with Gasteiger partial charge in [0.1, 0.15) is 0 Å². The SMILES string of the molecule is C[C@H](NC(=O)O)C1CCCCC1. The number of hydrogen-bond acceptors (Lipinski definition) is 1. The minimum Gasteiger partial charge on any atom is -0.465 e. The molecule has 1 saturated carbocycles. The van der Waals surface area contributed by atoms with Crippen molar-refractivity contribution in [1.82, 2.24) is 5.32 Å². The maximum Gasteiger partial charge on any atom is 0.404 e. The highest BCUT2D eigenvalue weighted by Crippen LogP contribution is 2.26. The first-order chi connectivity index (χ1) is 5.70. The summed E-state index contributed by atoms with van der Waals surface area (Å²) in [6.07, 6.45) is 5.30. The van der Waals surface area contributed by atoms with Crippen LogP contribution in [0.15, 0.2) is 0 Å². The van der Waals surface area contributed by atoms with E-state index in [0.29, 0.717) is 5.92 Å². The van der Waals surface area contributed by atoms with Crippen LogP contribution in [0, 0.1) is 5.92 Å². The van der Waals surface area contributed by atoms with E-state index >= 15 is 0 Å². The molecule has 1 aliphatic rings. The Labute approximate surface area is 73.2 Å². The average molecular weight is 171 g/mol. The van der Waals surface area contributed by atoms with Gasteiger partial charge in [0.15, 0.2) is 0 Å². The molecule has 70 valence electrons. The van der Waals surface area contributed by atoms with Crippen LogP contribution < -0.4 is 5.32 Å². The first-order valence-corrected chi connectivity index (χ1v) is 4.69. The van der Waals surface area contributed by atoms with Gasteiger partial charge in [0.2, 0.25) is 0 Å². The summed E-state index contributed by atoms with van der Waals surface area (Å²) in [7, 11) is 0. The van der Waals surface area contributed by atoms with Gasteiger partial charge in [-0.15, -0.1) is 0 Å². The van der Waals surface area contributed by atoms with Crippen LogP contribution in [-0.2, 0) is 0 Å². The second-order valence-corrected chi connectivity index (χ2v) is 3.64. The molecule has 2 N–H and O–H groups in total. The molecule has 0 unspecified atom stereocenters. The summed E-state index contributed by atoms with van der Waals surface area (Å²) in [5.41, 5.74) is 0. The van der Waals surface area contributed by atoms with Gasteiger partial charge < -0.3 is 10.4 Å². The fourth-order valence-electron chi connectivity index (χ4n) is 1.95. The Balaban J connectivity index is 2.29. The molecule has 0 heterocycles. The molecule has 0 radical (unpaired) electrons. The Bertz CT molecular complexity index is 153. The van der Waals surface area contributed by atoms with E-state index in [1.807, 2.05) is 6.92 Å². The van der Waals surface area contributed by atoms with Crippen molar-refractivity contribution >= 4 is 6.09 Å². The lowest BCUT2D eigenvalue weighted by atomic mass is 9.85. The highest BCUT2D eigenvalue weighted by molar-refractivity contribution is 5.64. The molecule has 0 aromatic rings. The van der Waals surface area contributed by atoms with Gasteiger partial charge in [0.05, 0.1) is 0 Å². The molecule has 0 aromatic carbocycles.